The van der Waals surface area contributed by atoms with E-state index in [1.807, 2.05) is 19.1 Å². The summed E-state index contributed by atoms with van der Waals surface area (Å²) in [5.74, 6) is -1.72. The summed E-state index contributed by atoms with van der Waals surface area (Å²) in [4.78, 5) is 44.5. The number of benzene rings is 2. The quantitative estimate of drug-likeness (QED) is 0.391. The first-order valence-corrected chi connectivity index (χ1v) is 11.9. The predicted octanol–water partition coefficient (Wildman–Crippen LogP) is 3.85. The Bertz CT molecular complexity index is 1120. The molecule has 1 heterocycles. The number of hydrogen-bond donors (Lipinski definition) is 2. The number of aromatic nitrogens is 1. The Morgan fingerprint density at radius 3 is 2.43 bits per heavy atom. The highest BCUT2D eigenvalue weighted by atomic mass is 32.1. The second kappa shape index (κ2) is 12.7. The summed E-state index contributed by atoms with van der Waals surface area (Å²) >= 11 is 1.27. The molecule has 8 nitrogen and oxygen atoms in total. The second-order valence-electron chi connectivity index (χ2n) is 7.72. The van der Waals surface area contributed by atoms with Crippen LogP contribution in [0.1, 0.15) is 30.0 Å². The van der Waals surface area contributed by atoms with Crippen LogP contribution >= 0.6 is 11.3 Å². The molecule has 2 N–H and O–H groups in total. The van der Waals surface area contributed by atoms with Crippen molar-refractivity contribution >= 4 is 39.9 Å². The minimum Gasteiger partial charge on any atom is -0.383 e. The standard InChI is InChI=1S/C25H27FN4O4S/c1-17-3-5-18(6-4-17)23(24(33)27-13-15-34-2)30(20-9-7-19(26)8-10-20)22(32)12-11-21(31)29-25-28-14-16-35-25/h3-10,14,16,23H,11-13,15H2,1-2H3,(H,27,33)(H,28,29,31). The third-order valence-corrected chi connectivity index (χ3v) is 5.81. The first-order chi connectivity index (χ1) is 16.9. The van der Waals surface area contributed by atoms with E-state index < -0.39 is 23.7 Å². The van der Waals surface area contributed by atoms with Gasteiger partial charge in [-0.15, -0.1) is 11.3 Å². The average Bonchev–Trinajstić information content (AvgIpc) is 3.35. The summed E-state index contributed by atoms with van der Waals surface area (Å²) in [6, 6.07) is 11.5. The van der Waals surface area contributed by atoms with Crippen molar-refractivity contribution in [1.82, 2.24) is 10.3 Å². The highest BCUT2D eigenvalue weighted by Crippen LogP contribution is 2.29. The number of nitrogens with zero attached hydrogens (tertiary/aromatic N) is 2. The van der Waals surface area contributed by atoms with Gasteiger partial charge in [0.05, 0.1) is 6.61 Å². The Kier molecular flexibility index (Phi) is 9.45. The third-order valence-electron chi connectivity index (χ3n) is 5.12. The van der Waals surface area contributed by atoms with Gasteiger partial charge in [0.1, 0.15) is 11.9 Å². The van der Waals surface area contributed by atoms with Gasteiger partial charge in [0.2, 0.25) is 17.7 Å². The summed E-state index contributed by atoms with van der Waals surface area (Å²) in [6.07, 6.45) is 1.29. The zero-order chi connectivity index (χ0) is 25.2. The lowest BCUT2D eigenvalue weighted by atomic mass is 10.0. The van der Waals surface area contributed by atoms with Crippen molar-refractivity contribution in [2.75, 3.05) is 30.5 Å². The van der Waals surface area contributed by atoms with E-state index in [1.54, 1.807) is 23.7 Å². The Balaban J connectivity index is 1.90. The molecule has 3 amide bonds. The zero-order valence-electron chi connectivity index (χ0n) is 19.5. The topological polar surface area (TPSA) is 101 Å². The molecular formula is C25H27FN4O4S. The first kappa shape index (κ1) is 26.0. The maximum atomic E-state index is 13.7. The molecule has 0 saturated heterocycles. The van der Waals surface area contributed by atoms with Gasteiger partial charge in [0, 0.05) is 43.8 Å². The van der Waals surface area contributed by atoms with Crippen molar-refractivity contribution in [3.63, 3.8) is 0 Å². The Hall–Kier alpha value is -3.63. The normalized spacial score (nSPS) is 11.5. The highest BCUT2D eigenvalue weighted by molar-refractivity contribution is 7.13. The summed E-state index contributed by atoms with van der Waals surface area (Å²) in [5, 5.41) is 7.60. The van der Waals surface area contributed by atoms with Gasteiger partial charge in [-0.2, -0.15) is 0 Å². The van der Waals surface area contributed by atoms with Crippen molar-refractivity contribution < 1.29 is 23.5 Å². The van der Waals surface area contributed by atoms with Crippen molar-refractivity contribution in [3.05, 3.63) is 77.1 Å². The van der Waals surface area contributed by atoms with Crippen molar-refractivity contribution in [3.8, 4) is 0 Å². The van der Waals surface area contributed by atoms with Crippen LogP contribution in [0.3, 0.4) is 0 Å². The van der Waals surface area contributed by atoms with E-state index in [-0.39, 0.29) is 25.3 Å². The van der Waals surface area contributed by atoms with Gasteiger partial charge >= 0.3 is 0 Å². The SMILES string of the molecule is COCCNC(=O)C(c1ccc(C)cc1)N(C(=O)CCC(=O)Nc1nccs1)c1ccc(F)cc1. The maximum absolute atomic E-state index is 13.7. The highest BCUT2D eigenvalue weighted by Gasteiger charge is 2.32. The number of rotatable bonds is 11. The molecule has 3 rings (SSSR count). The number of methoxy groups -OCH3 is 1. The van der Waals surface area contributed by atoms with E-state index in [4.69, 9.17) is 4.74 Å². The number of hydrogen-bond acceptors (Lipinski definition) is 6. The fourth-order valence-corrected chi connectivity index (χ4v) is 3.93. The number of thiazole rings is 1. The number of carbonyl (C=O) groups excluding carboxylic acids is 3. The number of anilines is 2. The molecule has 0 aliphatic heterocycles. The average molecular weight is 499 g/mol. The largest absolute Gasteiger partial charge is 0.383 e. The molecule has 35 heavy (non-hydrogen) atoms. The third kappa shape index (κ3) is 7.43. The molecule has 0 bridgehead atoms. The predicted molar refractivity (Wildman–Crippen MR) is 133 cm³/mol. The number of ether oxygens (including phenoxy) is 1. The van der Waals surface area contributed by atoms with E-state index in [9.17, 15) is 18.8 Å². The van der Waals surface area contributed by atoms with Gasteiger partial charge in [-0.05, 0) is 36.8 Å². The molecule has 10 heteroatoms. The number of amides is 3. The van der Waals surface area contributed by atoms with Crippen molar-refractivity contribution in [1.29, 1.82) is 0 Å². The molecule has 2 aromatic carbocycles. The van der Waals surface area contributed by atoms with Crippen molar-refractivity contribution in [2.24, 2.45) is 0 Å². The number of carbonyl (C=O) groups is 3. The van der Waals surface area contributed by atoms with Crippen LogP contribution in [0.4, 0.5) is 15.2 Å². The number of nitrogens with one attached hydrogen (secondary N) is 2. The van der Waals surface area contributed by atoms with Gasteiger partial charge in [0.25, 0.3) is 0 Å². The lowest BCUT2D eigenvalue weighted by Crippen LogP contribution is -2.45. The molecule has 0 spiro atoms. The molecule has 184 valence electrons. The van der Waals surface area contributed by atoms with Crippen LogP contribution in [-0.2, 0) is 19.1 Å². The molecule has 0 aliphatic rings. The molecular weight excluding hydrogens is 471 g/mol. The molecule has 1 aromatic heterocycles. The Labute approximate surface area is 207 Å². The fraction of sp³-hybridized carbons (Fsp3) is 0.280. The van der Waals surface area contributed by atoms with Gasteiger partial charge < -0.3 is 15.4 Å². The van der Waals surface area contributed by atoms with Crippen molar-refractivity contribution in [2.45, 2.75) is 25.8 Å². The summed E-state index contributed by atoms with van der Waals surface area (Å²) in [6.45, 7) is 2.47. The summed E-state index contributed by atoms with van der Waals surface area (Å²) < 4.78 is 18.7. The fourth-order valence-electron chi connectivity index (χ4n) is 3.39. The van der Waals surface area contributed by atoms with Crippen LogP contribution in [0.15, 0.2) is 60.1 Å². The second-order valence-corrected chi connectivity index (χ2v) is 8.62. The zero-order valence-corrected chi connectivity index (χ0v) is 20.3. The van der Waals surface area contributed by atoms with Crippen LogP contribution in [0, 0.1) is 12.7 Å². The Morgan fingerprint density at radius 1 is 1.09 bits per heavy atom. The molecule has 0 radical (unpaired) electrons. The van der Waals surface area contributed by atoms with Crippen LogP contribution < -0.4 is 15.5 Å². The van der Waals surface area contributed by atoms with E-state index in [0.29, 0.717) is 23.0 Å². The minimum absolute atomic E-state index is 0.109. The lowest BCUT2D eigenvalue weighted by Gasteiger charge is -2.31. The lowest BCUT2D eigenvalue weighted by molar-refractivity contribution is -0.127. The molecule has 1 atom stereocenters. The van der Waals surface area contributed by atoms with Gasteiger partial charge in [-0.1, -0.05) is 29.8 Å². The maximum Gasteiger partial charge on any atom is 0.247 e. The van der Waals surface area contributed by atoms with Crippen LogP contribution in [-0.4, -0.2) is 43.0 Å². The van der Waals surface area contributed by atoms with E-state index >= 15 is 0 Å². The van der Waals surface area contributed by atoms with E-state index in [2.05, 4.69) is 15.6 Å². The van der Waals surface area contributed by atoms with Gasteiger partial charge in [-0.25, -0.2) is 9.37 Å². The van der Waals surface area contributed by atoms with Crippen LogP contribution in [0.2, 0.25) is 0 Å². The number of halogens is 1. The smallest absolute Gasteiger partial charge is 0.247 e. The van der Waals surface area contributed by atoms with E-state index in [1.165, 1.54) is 47.6 Å². The molecule has 0 aliphatic carbocycles. The molecule has 1 unspecified atom stereocenters. The summed E-state index contributed by atoms with van der Waals surface area (Å²) in [5.41, 5.74) is 1.91. The van der Waals surface area contributed by atoms with E-state index in [0.717, 1.165) is 5.56 Å². The van der Waals surface area contributed by atoms with Gasteiger partial charge in [-0.3, -0.25) is 19.3 Å². The van der Waals surface area contributed by atoms with Gasteiger partial charge in [0.15, 0.2) is 5.13 Å². The Morgan fingerprint density at radius 2 is 1.80 bits per heavy atom. The van der Waals surface area contributed by atoms with Crippen LogP contribution in [0.5, 0.6) is 0 Å². The monoisotopic (exact) mass is 498 g/mol. The number of aryl methyl sites for hydroxylation is 1. The molecule has 3 aromatic rings. The summed E-state index contributed by atoms with van der Waals surface area (Å²) in [7, 11) is 1.52. The minimum atomic E-state index is -1.03. The molecule has 0 saturated carbocycles. The molecule has 0 fully saturated rings. The van der Waals surface area contributed by atoms with Crippen LogP contribution in [0.25, 0.3) is 0 Å². The first-order valence-electron chi connectivity index (χ1n) is 11.0.